The molecule has 2 atom stereocenters. The van der Waals surface area contributed by atoms with Crippen LogP contribution in [0.3, 0.4) is 0 Å². The Labute approximate surface area is 295 Å². The Morgan fingerprint density at radius 2 is 1.94 bits per heavy atom. The molecule has 13 heteroatoms. The maximum Gasteiger partial charge on any atom is 0.516 e. The number of allylic oxidation sites excluding steroid dienone is 3. The van der Waals surface area contributed by atoms with Crippen LogP contribution in [0, 0.1) is 0 Å². The van der Waals surface area contributed by atoms with Crippen molar-refractivity contribution in [3.8, 4) is 11.7 Å². The van der Waals surface area contributed by atoms with Crippen LogP contribution in [0.4, 0.5) is 18.0 Å². The number of hydrogen-bond donors (Lipinski definition) is 2. The molecule has 0 amide bonds. The zero-order valence-corrected chi connectivity index (χ0v) is 29.0. The molecular weight excluding hydrogens is 694 g/mol. The van der Waals surface area contributed by atoms with Crippen LogP contribution >= 0.6 is 24.0 Å². The largest absolute Gasteiger partial charge is 0.516 e. The number of ether oxygens (including phenoxy) is 2. The zero-order chi connectivity index (χ0) is 36.6. The van der Waals surface area contributed by atoms with Crippen molar-refractivity contribution in [3.05, 3.63) is 109 Å². The molecule has 4 rings (SSSR count). The van der Waals surface area contributed by atoms with Gasteiger partial charge in [-0.2, -0.15) is 13.2 Å². The molecule has 264 valence electrons. The number of hydrogen-bond acceptors (Lipinski definition) is 10. The summed E-state index contributed by atoms with van der Waals surface area (Å²) in [6, 6.07) is 7.50. The van der Waals surface area contributed by atoms with Crippen molar-refractivity contribution in [1.29, 1.82) is 0 Å². The molecule has 0 saturated carbocycles. The molecule has 2 aromatic carbocycles. The molecule has 1 aromatic heterocycles. The lowest BCUT2D eigenvalue weighted by molar-refractivity contribution is -0.137. The third-order valence-corrected chi connectivity index (χ3v) is 9.19. The molecule has 1 heterocycles. The summed E-state index contributed by atoms with van der Waals surface area (Å²) < 4.78 is 56.3. The number of thiocarbonyl (C=S) groups is 1. The van der Waals surface area contributed by atoms with Gasteiger partial charge >= 0.3 is 18.3 Å². The number of halogens is 3. The Morgan fingerprint density at radius 1 is 1.18 bits per heavy atom. The van der Waals surface area contributed by atoms with Crippen LogP contribution in [0.1, 0.15) is 77.7 Å². The average Bonchev–Trinajstić information content (AvgIpc) is 3.07. The maximum atomic E-state index is 13.9. The maximum absolute atomic E-state index is 13.9. The minimum Gasteiger partial charge on any atom is -0.507 e. The number of alkyl halides is 3. The van der Waals surface area contributed by atoms with Gasteiger partial charge in [0.25, 0.3) is 0 Å². The minimum atomic E-state index is -4.69. The van der Waals surface area contributed by atoms with E-state index in [0.29, 0.717) is 29.0 Å². The van der Waals surface area contributed by atoms with Gasteiger partial charge in [-0.05, 0) is 55.7 Å². The van der Waals surface area contributed by atoms with Gasteiger partial charge in [0.2, 0.25) is 0 Å². The highest BCUT2D eigenvalue weighted by Crippen LogP contribution is 2.38. The van der Waals surface area contributed by atoms with Gasteiger partial charge in [-0.15, -0.1) is 11.8 Å². The van der Waals surface area contributed by atoms with Gasteiger partial charge in [0.15, 0.2) is 11.2 Å². The third kappa shape index (κ3) is 9.20. The van der Waals surface area contributed by atoms with Crippen molar-refractivity contribution in [2.75, 3.05) is 12.9 Å². The fraction of sp³-hybridized carbons (Fsp3) is 0.297. The Kier molecular flexibility index (Phi) is 13.0. The van der Waals surface area contributed by atoms with Crippen LogP contribution in [0.25, 0.3) is 12.2 Å². The fourth-order valence-electron chi connectivity index (χ4n) is 5.34. The van der Waals surface area contributed by atoms with Crippen LogP contribution in [0.2, 0.25) is 0 Å². The van der Waals surface area contributed by atoms with Crippen LogP contribution < -0.4 is 20.8 Å². The van der Waals surface area contributed by atoms with E-state index in [0.717, 1.165) is 36.6 Å². The number of ketones is 1. The molecule has 0 unspecified atom stereocenters. The van der Waals surface area contributed by atoms with Gasteiger partial charge in [0, 0.05) is 33.4 Å². The summed E-state index contributed by atoms with van der Waals surface area (Å²) in [5.74, 6) is -1.57. The van der Waals surface area contributed by atoms with Crippen molar-refractivity contribution in [1.82, 2.24) is 0 Å². The first-order valence-electron chi connectivity index (χ1n) is 15.6. The standard InChI is InChI=1S/C37H35F3O8S2/c1-4-10-27-30(17-16-25(21(2)41)33(27)43)50-18-8-6-5-7-13-28(32(42)22-11-9-12-23(19-22)37(38,39)40)31-34(44)26-15-14-24(49)20-29(26)47-35(31)48-36(45)46-3/h5-7,9,11-13,15-17,19-20,28,32,42-43H,4,8,10,14,18H2,1-3H3/b6-5-,13-7+/t28-,32-/m0/s1. The Hall–Kier alpha value is -4.46. The normalized spacial score (nSPS) is 14.2. The summed E-state index contributed by atoms with van der Waals surface area (Å²) in [5.41, 5.74) is -1.12. The van der Waals surface area contributed by atoms with Crippen molar-refractivity contribution < 1.29 is 46.9 Å². The molecule has 0 spiro atoms. The third-order valence-electron chi connectivity index (χ3n) is 7.78. The topological polar surface area (TPSA) is 123 Å². The number of benzene rings is 2. The van der Waals surface area contributed by atoms with Crippen LogP contribution in [0.5, 0.6) is 11.7 Å². The predicted molar refractivity (Wildman–Crippen MR) is 188 cm³/mol. The molecule has 8 nitrogen and oxygen atoms in total. The molecule has 2 N–H and O–H groups in total. The van der Waals surface area contributed by atoms with E-state index in [2.05, 4.69) is 4.74 Å². The molecule has 1 aliphatic carbocycles. The molecule has 3 aromatic rings. The average molecular weight is 729 g/mol. The number of phenols is 1. The SMILES string of the molecule is CCCc1c(SCC/C=C\C=C\[C@@H](c2c(OC(=O)OC)oc3c(c2=O)=CCC(=S)C=3)[C@@H](O)c2cccc(C(F)(F)F)c2)ccc(C(C)=O)c1O. The number of fused-ring (bicyclic) bond motifs is 1. The van der Waals surface area contributed by atoms with Gasteiger partial charge in [-0.3, -0.25) is 9.59 Å². The summed E-state index contributed by atoms with van der Waals surface area (Å²) in [6.45, 7) is 3.38. The summed E-state index contributed by atoms with van der Waals surface area (Å²) in [4.78, 5) is 39.3. The zero-order valence-electron chi connectivity index (χ0n) is 27.4. The van der Waals surface area contributed by atoms with E-state index in [1.165, 1.54) is 49.1 Å². The minimum absolute atomic E-state index is 0.00593. The molecule has 1 aliphatic rings. The summed E-state index contributed by atoms with van der Waals surface area (Å²) in [5, 5.41) is 22.3. The second-order valence-electron chi connectivity index (χ2n) is 11.3. The first-order chi connectivity index (χ1) is 23.8. The number of thioether (sulfide) groups is 1. The highest BCUT2D eigenvalue weighted by atomic mass is 32.2. The number of aliphatic hydroxyl groups excluding tert-OH is 1. The van der Waals surface area contributed by atoms with E-state index >= 15 is 0 Å². The number of carbonyl (C=O) groups is 2. The molecule has 0 bridgehead atoms. The first kappa shape index (κ1) is 38.3. The van der Waals surface area contributed by atoms with Crippen molar-refractivity contribution >= 4 is 52.9 Å². The molecule has 50 heavy (non-hydrogen) atoms. The van der Waals surface area contributed by atoms with Gasteiger partial charge in [0.1, 0.15) is 11.2 Å². The fourth-order valence-corrected chi connectivity index (χ4v) is 6.54. The van der Waals surface area contributed by atoms with E-state index in [1.54, 1.807) is 12.1 Å². The summed E-state index contributed by atoms with van der Waals surface area (Å²) in [6.07, 6.45) is 3.90. The number of rotatable bonds is 13. The number of aliphatic hydroxyl groups is 1. The first-order valence-corrected chi connectivity index (χ1v) is 17.0. The van der Waals surface area contributed by atoms with E-state index in [1.807, 2.05) is 19.1 Å². The van der Waals surface area contributed by atoms with Crippen LogP contribution in [0.15, 0.2) is 74.8 Å². The van der Waals surface area contributed by atoms with E-state index < -0.39 is 41.3 Å². The van der Waals surface area contributed by atoms with Crippen LogP contribution in [-0.2, 0) is 17.3 Å². The summed E-state index contributed by atoms with van der Waals surface area (Å²) >= 11 is 6.73. The molecule has 0 aliphatic heterocycles. The van der Waals surface area contributed by atoms with Crippen molar-refractivity contribution in [3.63, 3.8) is 0 Å². The number of aromatic hydroxyl groups is 1. The number of carbonyl (C=O) groups excluding carboxylic acids is 2. The summed E-state index contributed by atoms with van der Waals surface area (Å²) in [7, 11) is 1.04. The molecule has 0 saturated heterocycles. The van der Waals surface area contributed by atoms with Gasteiger partial charge in [-0.1, -0.05) is 68.1 Å². The van der Waals surface area contributed by atoms with E-state index in [9.17, 15) is 37.8 Å². The van der Waals surface area contributed by atoms with Gasteiger partial charge in [-0.25, -0.2) is 4.79 Å². The highest BCUT2D eigenvalue weighted by molar-refractivity contribution is 7.99. The monoisotopic (exact) mass is 728 g/mol. The second-order valence-corrected chi connectivity index (χ2v) is 12.9. The van der Waals surface area contributed by atoms with Crippen molar-refractivity contribution in [2.45, 2.75) is 62.6 Å². The van der Waals surface area contributed by atoms with Crippen LogP contribution in [-0.4, -0.2) is 39.9 Å². The Balaban J connectivity index is 1.69. The lowest BCUT2D eigenvalue weighted by atomic mass is 9.88. The highest BCUT2D eigenvalue weighted by Gasteiger charge is 2.34. The Bertz CT molecular complexity index is 2010. The Morgan fingerprint density at radius 3 is 2.62 bits per heavy atom. The van der Waals surface area contributed by atoms with Crippen molar-refractivity contribution in [2.24, 2.45) is 0 Å². The lowest BCUT2D eigenvalue weighted by Crippen LogP contribution is -2.44. The lowest BCUT2D eigenvalue weighted by Gasteiger charge is -2.22. The van der Waals surface area contributed by atoms with E-state index in [4.69, 9.17) is 21.4 Å². The second kappa shape index (κ2) is 17.0. The number of phenolic OH excluding ortho intramolecular Hbond substituents is 1. The number of methoxy groups -OCH3 is 1. The van der Waals surface area contributed by atoms with Gasteiger partial charge in [0.05, 0.1) is 35.1 Å². The van der Waals surface area contributed by atoms with E-state index in [-0.39, 0.29) is 45.3 Å². The smallest absolute Gasteiger partial charge is 0.507 e. The predicted octanol–water partition coefficient (Wildman–Crippen LogP) is 7.11. The molecule has 0 radical (unpaired) electrons. The molecular formula is C37H35F3O8S2. The number of Topliss-reactive ketones (excluding diaryl/α,β-unsaturated/α-hetero) is 1. The quantitative estimate of drug-likeness (QED) is 0.0470. The van der Waals surface area contributed by atoms with Gasteiger partial charge < -0.3 is 24.1 Å². The molecule has 0 fully saturated rings.